The van der Waals surface area contributed by atoms with E-state index in [1.807, 2.05) is 12.1 Å². The fourth-order valence-electron chi connectivity index (χ4n) is 5.71. The second-order valence-electron chi connectivity index (χ2n) is 9.36. The Hall–Kier alpha value is -3.68. The molecule has 34 heavy (non-hydrogen) atoms. The van der Waals surface area contributed by atoms with Gasteiger partial charge in [0.15, 0.2) is 0 Å². The number of nitrogens with zero attached hydrogens (tertiary/aromatic N) is 2. The van der Waals surface area contributed by atoms with Gasteiger partial charge < -0.3 is 15.7 Å². The molecular weight excluding hydrogens is 434 g/mol. The number of amides is 3. The van der Waals surface area contributed by atoms with Crippen molar-refractivity contribution in [3.05, 3.63) is 64.7 Å². The molecule has 1 aliphatic carbocycles. The van der Waals surface area contributed by atoms with E-state index >= 15 is 0 Å². The highest BCUT2D eigenvalue weighted by molar-refractivity contribution is 6.21. The van der Waals surface area contributed by atoms with Crippen LogP contribution in [0.2, 0.25) is 0 Å². The minimum Gasteiger partial charge on any atom is -0.481 e. The number of hydrogen-bond acceptors (Lipinski definition) is 5. The van der Waals surface area contributed by atoms with Crippen LogP contribution < -0.4 is 5.73 Å². The van der Waals surface area contributed by atoms with Gasteiger partial charge in [0.05, 0.1) is 35.5 Å². The average Bonchev–Trinajstić information content (AvgIpc) is 3.08. The van der Waals surface area contributed by atoms with Crippen LogP contribution in [-0.2, 0) is 16.0 Å². The zero-order valence-corrected chi connectivity index (χ0v) is 18.8. The van der Waals surface area contributed by atoms with Crippen LogP contribution in [0.15, 0.2) is 42.5 Å². The highest BCUT2D eigenvalue weighted by Gasteiger charge is 2.44. The predicted molar refractivity (Wildman–Crippen MR) is 124 cm³/mol. The van der Waals surface area contributed by atoms with Gasteiger partial charge in [-0.2, -0.15) is 0 Å². The summed E-state index contributed by atoms with van der Waals surface area (Å²) in [7, 11) is 0. The fraction of sp³-hybridized carbons (Fsp3) is 0.385. The first-order valence-electron chi connectivity index (χ1n) is 11.7. The molecule has 1 saturated carbocycles. The Balaban J connectivity index is 1.50. The SMILES string of the molecule is Nc1ccc2c(c1)CCN(C(=O)[C@@H]1CCCC[C@@H]1C(=O)O)C2CN1C(=O)c2ccccc2C1=O. The summed E-state index contributed by atoms with van der Waals surface area (Å²) in [4.78, 5) is 54.7. The van der Waals surface area contributed by atoms with E-state index in [0.717, 1.165) is 24.0 Å². The van der Waals surface area contributed by atoms with E-state index in [9.17, 15) is 24.3 Å². The Bertz CT molecular complexity index is 1160. The van der Waals surface area contributed by atoms with Gasteiger partial charge in [-0.1, -0.05) is 31.0 Å². The third-order valence-corrected chi connectivity index (χ3v) is 7.44. The highest BCUT2D eigenvalue weighted by atomic mass is 16.4. The van der Waals surface area contributed by atoms with Crippen LogP contribution in [0.1, 0.15) is 63.6 Å². The normalized spacial score (nSPS) is 24.1. The Morgan fingerprint density at radius 3 is 2.26 bits per heavy atom. The Labute approximate surface area is 197 Å². The topological polar surface area (TPSA) is 121 Å². The zero-order chi connectivity index (χ0) is 24.0. The maximum atomic E-state index is 13.8. The maximum Gasteiger partial charge on any atom is 0.307 e. The molecule has 0 radical (unpaired) electrons. The standard InChI is InChI=1S/C26H27N3O5/c27-16-9-10-17-15(13-16)11-12-28(23(30)20-7-3-4-8-21(20)26(33)34)22(17)14-29-24(31)18-5-1-2-6-19(18)25(29)32/h1-2,5-6,9-10,13,20-22H,3-4,7-8,11-12,14,27H2,(H,33,34)/t20-,21+,22?/m1/s1. The van der Waals surface area contributed by atoms with Gasteiger partial charge in [0.25, 0.3) is 11.8 Å². The van der Waals surface area contributed by atoms with Crippen LogP contribution in [0.5, 0.6) is 0 Å². The molecule has 1 fully saturated rings. The number of rotatable bonds is 4. The number of imide groups is 1. The molecule has 0 bridgehead atoms. The van der Waals surface area contributed by atoms with Crippen LogP contribution >= 0.6 is 0 Å². The molecule has 3 N–H and O–H groups in total. The molecule has 3 aliphatic rings. The minimum atomic E-state index is -0.944. The van der Waals surface area contributed by atoms with Crippen LogP contribution in [0, 0.1) is 11.8 Å². The number of nitrogen functional groups attached to an aromatic ring is 1. The Kier molecular flexibility index (Phi) is 5.59. The molecule has 3 amide bonds. The molecule has 176 valence electrons. The van der Waals surface area contributed by atoms with E-state index in [4.69, 9.17) is 5.73 Å². The second-order valence-corrected chi connectivity index (χ2v) is 9.36. The first-order chi connectivity index (χ1) is 16.4. The van der Waals surface area contributed by atoms with Crippen molar-refractivity contribution in [3.8, 4) is 0 Å². The first kappa shape index (κ1) is 22.1. The van der Waals surface area contributed by atoms with Gasteiger partial charge in [-0.05, 0) is 54.7 Å². The van der Waals surface area contributed by atoms with Gasteiger partial charge in [-0.15, -0.1) is 0 Å². The summed E-state index contributed by atoms with van der Waals surface area (Å²) >= 11 is 0. The highest BCUT2D eigenvalue weighted by Crippen LogP contribution is 2.38. The van der Waals surface area contributed by atoms with Crippen molar-refractivity contribution in [1.29, 1.82) is 0 Å². The zero-order valence-electron chi connectivity index (χ0n) is 18.8. The van der Waals surface area contributed by atoms with Crippen molar-refractivity contribution < 1.29 is 24.3 Å². The van der Waals surface area contributed by atoms with Crippen molar-refractivity contribution in [2.75, 3.05) is 18.8 Å². The summed E-state index contributed by atoms with van der Waals surface area (Å²) in [5.41, 5.74) is 9.13. The number of aliphatic carboxylic acids is 1. The number of anilines is 1. The Morgan fingerprint density at radius 2 is 1.62 bits per heavy atom. The number of carbonyl (C=O) groups excluding carboxylic acids is 3. The van der Waals surface area contributed by atoms with E-state index in [0.29, 0.717) is 42.6 Å². The number of carboxylic acid groups (broad SMARTS) is 1. The summed E-state index contributed by atoms with van der Waals surface area (Å²) in [5.74, 6) is -3.23. The van der Waals surface area contributed by atoms with E-state index in [2.05, 4.69) is 0 Å². The smallest absolute Gasteiger partial charge is 0.307 e. The third kappa shape index (κ3) is 3.63. The number of fused-ring (bicyclic) bond motifs is 2. The van der Waals surface area contributed by atoms with Gasteiger partial charge >= 0.3 is 5.97 Å². The summed E-state index contributed by atoms with van der Waals surface area (Å²) < 4.78 is 0. The molecular formula is C26H27N3O5. The maximum absolute atomic E-state index is 13.8. The van der Waals surface area contributed by atoms with Gasteiger partial charge in [0.2, 0.25) is 5.91 Å². The van der Waals surface area contributed by atoms with Crippen molar-refractivity contribution in [3.63, 3.8) is 0 Å². The number of hydrogen-bond donors (Lipinski definition) is 2. The fourth-order valence-corrected chi connectivity index (χ4v) is 5.71. The summed E-state index contributed by atoms with van der Waals surface area (Å²) in [6, 6.07) is 11.6. The van der Waals surface area contributed by atoms with Crippen molar-refractivity contribution in [2.24, 2.45) is 11.8 Å². The number of benzene rings is 2. The minimum absolute atomic E-state index is 0.0134. The number of carboxylic acids is 1. The van der Waals surface area contributed by atoms with E-state index < -0.39 is 23.8 Å². The molecule has 5 rings (SSSR count). The van der Waals surface area contributed by atoms with E-state index in [1.54, 1.807) is 35.2 Å². The first-order valence-corrected chi connectivity index (χ1v) is 11.7. The summed E-state index contributed by atoms with van der Waals surface area (Å²) in [6.07, 6.45) is 3.19. The predicted octanol–water partition coefficient (Wildman–Crippen LogP) is 2.88. The monoisotopic (exact) mass is 461 g/mol. The molecule has 2 aromatic rings. The van der Waals surface area contributed by atoms with Crippen LogP contribution in [0.3, 0.4) is 0 Å². The average molecular weight is 462 g/mol. The molecule has 8 heteroatoms. The molecule has 1 unspecified atom stereocenters. The lowest BCUT2D eigenvalue weighted by Gasteiger charge is -2.42. The summed E-state index contributed by atoms with van der Waals surface area (Å²) in [6.45, 7) is 0.394. The van der Waals surface area contributed by atoms with Crippen molar-refractivity contribution >= 4 is 29.4 Å². The Morgan fingerprint density at radius 1 is 0.971 bits per heavy atom. The van der Waals surface area contributed by atoms with Crippen molar-refractivity contribution in [2.45, 2.75) is 38.1 Å². The van der Waals surface area contributed by atoms with Crippen molar-refractivity contribution in [1.82, 2.24) is 9.80 Å². The van der Waals surface area contributed by atoms with Gasteiger partial charge in [0.1, 0.15) is 0 Å². The molecule has 0 saturated heterocycles. The third-order valence-electron chi connectivity index (χ3n) is 7.44. The quantitative estimate of drug-likeness (QED) is 0.534. The van der Waals surface area contributed by atoms with E-state index in [-0.39, 0.29) is 24.3 Å². The lowest BCUT2D eigenvalue weighted by Crippen LogP contribution is -2.50. The second kappa shape index (κ2) is 8.59. The largest absolute Gasteiger partial charge is 0.481 e. The molecule has 2 aliphatic heterocycles. The van der Waals surface area contributed by atoms with Crippen LogP contribution in [0.4, 0.5) is 5.69 Å². The van der Waals surface area contributed by atoms with Crippen LogP contribution in [-0.4, -0.2) is 51.7 Å². The molecule has 0 aromatic heterocycles. The van der Waals surface area contributed by atoms with Gasteiger partial charge in [0, 0.05) is 12.2 Å². The van der Waals surface area contributed by atoms with Gasteiger partial charge in [-0.3, -0.25) is 24.1 Å². The summed E-state index contributed by atoms with van der Waals surface area (Å²) in [5, 5.41) is 9.73. The number of carbonyl (C=O) groups is 4. The molecule has 3 atom stereocenters. The molecule has 2 aromatic carbocycles. The molecule has 8 nitrogen and oxygen atoms in total. The number of nitrogens with two attached hydrogens (primary N) is 1. The molecule has 2 heterocycles. The van der Waals surface area contributed by atoms with E-state index in [1.165, 1.54) is 4.90 Å². The lowest BCUT2D eigenvalue weighted by molar-refractivity contribution is -0.153. The lowest BCUT2D eigenvalue weighted by atomic mass is 9.77. The van der Waals surface area contributed by atoms with Crippen LogP contribution in [0.25, 0.3) is 0 Å². The molecule has 0 spiro atoms. The van der Waals surface area contributed by atoms with Gasteiger partial charge in [-0.25, -0.2) is 0 Å².